The zero-order valence-electron chi connectivity index (χ0n) is 12.0. The predicted octanol–water partition coefficient (Wildman–Crippen LogP) is 2.28. The summed E-state index contributed by atoms with van der Waals surface area (Å²) < 4.78 is 0. The number of piperidine rings is 1. The predicted molar refractivity (Wildman–Crippen MR) is 83.7 cm³/mol. The fraction of sp³-hybridized carbons (Fsp3) is 0.400. The van der Waals surface area contributed by atoms with Crippen LogP contribution in [-0.4, -0.2) is 47.0 Å². The number of aromatic nitrogens is 2. The summed E-state index contributed by atoms with van der Waals surface area (Å²) in [5, 5.41) is 0. The van der Waals surface area contributed by atoms with Crippen LogP contribution in [0.4, 0.5) is 5.82 Å². The number of anilines is 1. The van der Waals surface area contributed by atoms with E-state index in [0.29, 0.717) is 4.88 Å². The molecule has 1 aliphatic heterocycles. The smallest absolute Gasteiger partial charge is 0.265 e. The van der Waals surface area contributed by atoms with Crippen molar-refractivity contribution in [1.29, 1.82) is 0 Å². The Balaban J connectivity index is 1.70. The molecule has 0 unspecified atom stereocenters. The summed E-state index contributed by atoms with van der Waals surface area (Å²) in [4.78, 5) is 25.6. The molecule has 0 spiro atoms. The zero-order valence-corrected chi connectivity index (χ0v) is 12.8. The van der Waals surface area contributed by atoms with Gasteiger partial charge in [-0.05, 0) is 25.0 Å². The van der Waals surface area contributed by atoms with Crippen LogP contribution in [0.1, 0.15) is 22.5 Å². The molecule has 1 amide bonds. The zero-order chi connectivity index (χ0) is 14.7. The maximum Gasteiger partial charge on any atom is 0.265 e. The van der Waals surface area contributed by atoms with E-state index in [4.69, 9.17) is 0 Å². The van der Waals surface area contributed by atoms with Crippen LogP contribution in [0, 0.1) is 0 Å². The van der Waals surface area contributed by atoms with Gasteiger partial charge in [-0.1, -0.05) is 6.07 Å². The molecule has 1 atom stereocenters. The molecule has 1 saturated heterocycles. The monoisotopic (exact) mass is 302 g/mol. The topological polar surface area (TPSA) is 49.3 Å². The highest BCUT2D eigenvalue weighted by molar-refractivity contribution is 7.11. The highest BCUT2D eigenvalue weighted by Gasteiger charge is 2.27. The fourth-order valence-corrected chi connectivity index (χ4v) is 3.28. The first-order chi connectivity index (χ1) is 10.3. The summed E-state index contributed by atoms with van der Waals surface area (Å²) in [5.74, 6) is 1.05. The number of hydrogen-bond acceptors (Lipinski definition) is 5. The van der Waals surface area contributed by atoms with Crippen LogP contribution in [0.2, 0.25) is 0 Å². The summed E-state index contributed by atoms with van der Waals surface area (Å²) >= 11 is 1.39. The van der Waals surface area contributed by atoms with Crippen molar-refractivity contribution in [3.8, 4) is 0 Å². The third-order valence-electron chi connectivity index (χ3n) is 3.88. The lowest BCUT2D eigenvalue weighted by atomic mass is 10.0. The first kappa shape index (κ1) is 14.0. The standard InChI is InChI=1S/C15H18N4OS/c1-18(15(20)13-9-16-11-21-13)12-5-4-8-19(10-12)14-6-2-3-7-17-14/h2-3,6-7,9,11-12H,4-5,8,10H2,1H3/t12-/m0/s1. The number of likely N-dealkylation sites (N-methyl/N-ethyl adjacent to an activating group) is 1. The molecule has 21 heavy (non-hydrogen) atoms. The molecule has 2 aromatic heterocycles. The molecule has 1 fully saturated rings. The Hall–Kier alpha value is -1.95. The van der Waals surface area contributed by atoms with Crippen molar-refractivity contribution in [2.24, 2.45) is 0 Å². The number of rotatable bonds is 3. The Kier molecular flexibility index (Phi) is 4.15. The lowest BCUT2D eigenvalue weighted by Crippen LogP contribution is -2.48. The van der Waals surface area contributed by atoms with E-state index in [1.807, 2.05) is 36.3 Å². The van der Waals surface area contributed by atoms with Crippen LogP contribution in [0.25, 0.3) is 0 Å². The number of carbonyl (C=O) groups is 1. The van der Waals surface area contributed by atoms with E-state index in [2.05, 4.69) is 14.9 Å². The second-order valence-electron chi connectivity index (χ2n) is 5.21. The van der Waals surface area contributed by atoms with Gasteiger partial charge in [-0.25, -0.2) is 4.98 Å². The van der Waals surface area contributed by atoms with Gasteiger partial charge in [0.05, 0.1) is 11.7 Å². The Labute approximate surface area is 128 Å². The molecule has 0 bridgehead atoms. The van der Waals surface area contributed by atoms with Crippen molar-refractivity contribution in [2.75, 3.05) is 25.0 Å². The molecular weight excluding hydrogens is 284 g/mol. The first-order valence-electron chi connectivity index (χ1n) is 7.07. The summed E-state index contributed by atoms with van der Waals surface area (Å²) in [6, 6.07) is 6.16. The van der Waals surface area contributed by atoms with Crippen molar-refractivity contribution in [3.63, 3.8) is 0 Å². The van der Waals surface area contributed by atoms with Crippen LogP contribution in [0.15, 0.2) is 36.1 Å². The molecular formula is C15H18N4OS. The van der Waals surface area contributed by atoms with Gasteiger partial charge < -0.3 is 9.80 Å². The van der Waals surface area contributed by atoms with E-state index in [9.17, 15) is 4.79 Å². The molecule has 1 aliphatic rings. The van der Waals surface area contributed by atoms with Gasteiger partial charge in [0, 0.05) is 32.4 Å². The van der Waals surface area contributed by atoms with Crippen molar-refractivity contribution in [1.82, 2.24) is 14.9 Å². The number of nitrogens with zero attached hydrogens (tertiary/aromatic N) is 4. The van der Waals surface area contributed by atoms with Crippen molar-refractivity contribution >= 4 is 23.1 Å². The third-order valence-corrected chi connectivity index (χ3v) is 4.64. The summed E-state index contributed by atoms with van der Waals surface area (Å²) in [7, 11) is 1.88. The molecule has 2 aromatic rings. The van der Waals surface area contributed by atoms with Crippen LogP contribution in [0.3, 0.4) is 0 Å². The van der Waals surface area contributed by atoms with Crippen LogP contribution >= 0.6 is 11.3 Å². The van der Waals surface area contributed by atoms with Gasteiger partial charge in [0.1, 0.15) is 10.7 Å². The molecule has 5 nitrogen and oxygen atoms in total. The summed E-state index contributed by atoms with van der Waals surface area (Å²) in [6.07, 6.45) is 5.56. The number of thiazole rings is 1. The lowest BCUT2D eigenvalue weighted by molar-refractivity contribution is 0.0722. The largest absolute Gasteiger partial charge is 0.355 e. The Bertz CT molecular complexity index is 587. The molecule has 0 N–H and O–H groups in total. The Morgan fingerprint density at radius 2 is 2.38 bits per heavy atom. The van der Waals surface area contributed by atoms with E-state index in [0.717, 1.165) is 31.7 Å². The minimum absolute atomic E-state index is 0.0605. The molecule has 0 aliphatic carbocycles. The Morgan fingerprint density at radius 1 is 1.48 bits per heavy atom. The van der Waals surface area contributed by atoms with Gasteiger partial charge in [-0.2, -0.15) is 0 Å². The molecule has 0 saturated carbocycles. The second kappa shape index (κ2) is 6.22. The molecule has 6 heteroatoms. The summed E-state index contributed by atoms with van der Waals surface area (Å²) in [5.41, 5.74) is 1.70. The van der Waals surface area contributed by atoms with Gasteiger partial charge >= 0.3 is 0 Å². The minimum Gasteiger partial charge on any atom is -0.355 e. The Morgan fingerprint density at radius 3 is 3.10 bits per heavy atom. The lowest BCUT2D eigenvalue weighted by Gasteiger charge is -2.38. The van der Waals surface area contributed by atoms with E-state index >= 15 is 0 Å². The van der Waals surface area contributed by atoms with Crippen LogP contribution in [-0.2, 0) is 0 Å². The average Bonchev–Trinajstić information content (AvgIpc) is 3.09. The van der Waals surface area contributed by atoms with Gasteiger partial charge in [-0.3, -0.25) is 9.78 Å². The quantitative estimate of drug-likeness (QED) is 0.873. The maximum atomic E-state index is 12.4. The van der Waals surface area contributed by atoms with Crippen LogP contribution < -0.4 is 4.90 Å². The number of amides is 1. The average molecular weight is 302 g/mol. The van der Waals surface area contributed by atoms with Crippen molar-refractivity contribution < 1.29 is 4.79 Å². The SMILES string of the molecule is CN(C(=O)c1cncs1)[C@H]1CCCN(c2ccccn2)C1. The first-order valence-corrected chi connectivity index (χ1v) is 7.95. The van der Waals surface area contributed by atoms with Gasteiger partial charge in [-0.15, -0.1) is 11.3 Å². The third kappa shape index (κ3) is 3.05. The minimum atomic E-state index is 0.0605. The molecule has 3 heterocycles. The molecule has 0 aromatic carbocycles. The number of pyridine rings is 1. The van der Waals surface area contributed by atoms with E-state index < -0.39 is 0 Å². The van der Waals surface area contributed by atoms with E-state index in [-0.39, 0.29) is 11.9 Å². The fourth-order valence-electron chi connectivity index (χ4n) is 2.68. The van der Waals surface area contributed by atoms with E-state index in [1.165, 1.54) is 11.3 Å². The van der Waals surface area contributed by atoms with Crippen LogP contribution in [0.5, 0.6) is 0 Å². The van der Waals surface area contributed by atoms with Gasteiger partial charge in [0.25, 0.3) is 5.91 Å². The summed E-state index contributed by atoms with van der Waals surface area (Å²) in [6.45, 7) is 1.83. The highest BCUT2D eigenvalue weighted by atomic mass is 32.1. The van der Waals surface area contributed by atoms with Gasteiger partial charge in [0.2, 0.25) is 0 Å². The van der Waals surface area contributed by atoms with Gasteiger partial charge in [0.15, 0.2) is 0 Å². The molecule has 3 rings (SSSR count). The second-order valence-corrected chi connectivity index (χ2v) is 6.10. The molecule has 110 valence electrons. The highest BCUT2D eigenvalue weighted by Crippen LogP contribution is 2.21. The van der Waals surface area contributed by atoms with Crippen molar-refractivity contribution in [2.45, 2.75) is 18.9 Å². The maximum absolute atomic E-state index is 12.4. The number of carbonyl (C=O) groups excluding carboxylic acids is 1. The normalized spacial score (nSPS) is 18.5. The molecule has 0 radical (unpaired) electrons. The van der Waals surface area contributed by atoms with Crippen molar-refractivity contribution in [3.05, 3.63) is 41.0 Å². The van der Waals surface area contributed by atoms with E-state index in [1.54, 1.807) is 11.7 Å². The number of hydrogen-bond donors (Lipinski definition) is 0.